The summed E-state index contributed by atoms with van der Waals surface area (Å²) >= 11 is 0. The number of carbonyl (C=O) groups excluding carboxylic acids is 1. The van der Waals surface area contributed by atoms with Crippen LogP contribution in [0.2, 0.25) is 0 Å². The first kappa shape index (κ1) is 8.03. The van der Waals surface area contributed by atoms with Gasteiger partial charge in [0.05, 0.1) is 0 Å². The first-order valence-electron chi connectivity index (χ1n) is 5.05. The SMILES string of the molecule is O=C(CC1C=CCCC1)C1CC1. The second-order valence-corrected chi connectivity index (χ2v) is 4.06. The average molecular weight is 164 g/mol. The topological polar surface area (TPSA) is 17.1 Å². The van der Waals surface area contributed by atoms with Gasteiger partial charge in [0.25, 0.3) is 0 Å². The molecule has 0 N–H and O–H groups in total. The van der Waals surface area contributed by atoms with E-state index in [2.05, 4.69) is 12.2 Å². The van der Waals surface area contributed by atoms with Crippen LogP contribution in [0.25, 0.3) is 0 Å². The molecule has 0 saturated heterocycles. The van der Waals surface area contributed by atoms with Crippen LogP contribution < -0.4 is 0 Å². The molecule has 2 aliphatic rings. The van der Waals surface area contributed by atoms with Gasteiger partial charge in [-0.2, -0.15) is 0 Å². The molecule has 1 heteroatoms. The highest BCUT2D eigenvalue weighted by atomic mass is 16.1. The summed E-state index contributed by atoms with van der Waals surface area (Å²) in [5.74, 6) is 1.55. The van der Waals surface area contributed by atoms with Gasteiger partial charge in [-0.05, 0) is 38.0 Å². The zero-order valence-electron chi connectivity index (χ0n) is 7.46. The van der Waals surface area contributed by atoms with Crippen molar-refractivity contribution in [2.45, 2.75) is 38.5 Å². The van der Waals surface area contributed by atoms with Gasteiger partial charge >= 0.3 is 0 Å². The normalized spacial score (nSPS) is 28.8. The van der Waals surface area contributed by atoms with Crippen molar-refractivity contribution in [3.8, 4) is 0 Å². The Kier molecular flexibility index (Phi) is 2.29. The smallest absolute Gasteiger partial charge is 0.136 e. The van der Waals surface area contributed by atoms with Crippen molar-refractivity contribution in [3.63, 3.8) is 0 Å². The molecule has 0 radical (unpaired) electrons. The number of hydrogen-bond acceptors (Lipinski definition) is 1. The number of hydrogen-bond donors (Lipinski definition) is 0. The fraction of sp³-hybridized carbons (Fsp3) is 0.727. The molecule has 0 aliphatic heterocycles. The Morgan fingerprint density at radius 2 is 2.17 bits per heavy atom. The van der Waals surface area contributed by atoms with E-state index in [9.17, 15) is 4.79 Å². The van der Waals surface area contributed by atoms with E-state index < -0.39 is 0 Å². The molecule has 1 unspecified atom stereocenters. The van der Waals surface area contributed by atoms with Crippen LogP contribution in [-0.2, 0) is 4.79 Å². The predicted octanol–water partition coefficient (Wildman–Crippen LogP) is 2.71. The largest absolute Gasteiger partial charge is 0.299 e. The maximum absolute atomic E-state index is 11.4. The highest BCUT2D eigenvalue weighted by Crippen LogP contribution is 2.33. The molecule has 1 saturated carbocycles. The minimum absolute atomic E-state index is 0.459. The monoisotopic (exact) mass is 164 g/mol. The van der Waals surface area contributed by atoms with E-state index in [0.717, 1.165) is 19.3 Å². The zero-order chi connectivity index (χ0) is 8.39. The second kappa shape index (κ2) is 3.42. The number of allylic oxidation sites excluding steroid dienone is 2. The lowest BCUT2D eigenvalue weighted by Gasteiger charge is -2.14. The minimum atomic E-state index is 0.459. The molecule has 1 nitrogen and oxygen atoms in total. The zero-order valence-corrected chi connectivity index (χ0v) is 7.46. The summed E-state index contributed by atoms with van der Waals surface area (Å²) in [7, 11) is 0. The Hall–Kier alpha value is -0.590. The molecule has 1 atom stereocenters. The van der Waals surface area contributed by atoms with Crippen LogP contribution in [0.4, 0.5) is 0 Å². The van der Waals surface area contributed by atoms with E-state index in [1.807, 2.05) is 0 Å². The first-order chi connectivity index (χ1) is 5.86. The van der Waals surface area contributed by atoms with Crippen molar-refractivity contribution in [2.75, 3.05) is 0 Å². The lowest BCUT2D eigenvalue weighted by atomic mass is 9.90. The third-order valence-electron chi connectivity index (χ3n) is 2.85. The van der Waals surface area contributed by atoms with Crippen LogP contribution in [0.5, 0.6) is 0 Å². The van der Waals surface area contributed by atoms with E-state index in [-0.39, 0.29) is 0 Å². The van der Waals surface area contributed by atoms with Crippen molar-refractivity contribution >= 4 is 5.78 Å². The van der Waals surface area contributed by atoms with Crippen molar-refractivity contribution in [2.24, 2.45) is 11.8 Å². The van der Waals surface area contributed by atoms with Gasteiger partial charge in [-0.15, -0.1) is 0 Å². The van der Waals surface area contributed by atoms with Crippen molar-refractivity contribution in [3.05, 3.63) is 12.2 Å². The van der Waals surface area contributed by atoms with E-state index in [0.29, 0.717) is 17.6 Å². The molecule has 2 aliphatic carbocycles. The third kappa shape index (κ3) is 1.96. The maximum atomic E-state index is 11.4. The third-order valence-corrected chi connectivity index (χ3v) is 2.85. The lowest BCUT2D eigenvalue weighted by Crippen LogP contribution is -2.09. The van der Waals surface area contributed by atoms with Crippen LogP contribution in [0.3, 0.4) is 0 Å². The molecule has 1 fully saturated rings. The van der Waals surface area contributed by atoms with Gasteiger partial charge in [0, 0.05) is 12.3 Å². The Bertz CT molecular complexity index is 201. The molecule has 12 heavy (non-hydrogen) atoms. The highest BCUT2D eigenvalue weighted by molar-refractivity contribution is 5.83. The van der Waals surface area contributed by atoms with Crippen molar-refractivity contribution in [1.82, 2.24) is 0 Å². The standard InChI is InChI=1S/C11H16O/c12-11(10-6-7-10)8-9-4-2-1-3-5-9/h2,4,9-10H,1,3,5-8H2. The van der Waals surface area contributed by atoms with Gasteiger partial charge in [-0.3, -0.25) is 4.79 Å². The fourth-order valence-corrected chi connectivity index (χ4v) is 1.88. The number of ketones is 1. The molecule has 0 heterocycles. The van der Waals surface area contributed by atoms with Crippen molar-refractivity contribution < 1.29 is 4.79 Å². The van der Waals surface area contributed by atoms with E-state index >= 15 is 0 Å². The Morgan fingerprint density at radius 3 is 2.75 bits per heavy atom. The quantitative estimate of drug-likeness (QED) is 0.586. The summed E-state index contributed by atoms with van der Waals surface area (Å²) in [5.41, 5.74) is 0. The van der Waals surface area contributed by atoms with Crippen LogP contribution >= 0.6 is 0 Å². The van der Waals surface area contributed by atoms with Gasteiger partial charge in [0.15, 0.2) is 0 Å². The number of Topliss-reactive ketones (excluding diaryl/α,β-unsaturated/α-hetero) is 1. The summed E-state index contributed by atoms with van der Waals surface area (Å²) in [6.45, 7) is 0. The van der Waals surface area contributed by atoms with Crippen LogP contribution in [0.15, 0.2) is 12.2 Å². The lowest BCUT2D eigenvalue weighted by molar-refractivity contribution is -0.120. The minimum Gasteiger partial charge on any atom is -0.299 e. The van der Waals surface area contributed by atoms with E-state index in [1.54, 1.807) is 0 Å². The summed E-state index contributed by atoms with van der Waals surface area (Å²) in [6.07, 6.45) is 11.3. The molecular weight excluding hydrogens is 148 g/mol. The Balaban J connectivity index is 1.80. The van der Waals surface area contributed by atoms with Crippen LogP contribution in [-0.4, -0.2) is 5.78 Å². The molecule has 0 bridgehead atoms. The molecule has 2 rings (SSSR count). The summed E-state index contributed by atoms with van der Waals surface area (Å²) in [6, 6.07) is 0. The molecule has 0 amide bonds. The number of rotatable bonds is 3. The first-order valence-corrected chi connectivity index (χ1v) is 5.05. The van der Waals surface area contributed by atoms with Crippen LogP contribution in [0, 0.1) is 11.8 Å². The van der Waals surface area contributed by atoms with Gasteiger partial charge in [-0.25, -0.2) is 0 Å². The van der Waals surface area contributed by atoms with Crippen LogP contribution in [0.1, 0.15) is 38.5 Å². The molecular formula is C11H16O. The summed E-state index contributed by atoms with van der Waals surface area (Å²) < 4.78 is 0. The second-order valence-electron chi connectivity index (χ2n) is 4.06. The van der Waals surface area contributed by atoms with Crippen molar-refractivity contribution in [1.29, 1.82) is 0 Å². The molecule has 0 aromatic heterocycles. The summed E-state index contributed by atoms with van der Waals surface area (Å²) in [5, 5.41) is 0. The predicted molar refractivity (Wildman–Crippen MR) is 48.8 cm³/mol. The highest BCUT2D eigenvalue weighted by Gasteiger charge is 2.30. The van der Waals surface area contributed by atoms with Gasteiger partial charge in [-0.1, -0.05) is 12.2 Å². The van der Waals surface area contributed by atoms with E-state index in [4.69, 9.17) is 0 Å². The van der Waals surface area contributed by atoms with Gasteiger partial charge in [0.1, 0.15) is 5.78 Å². The molecule has 0 aromatic carbocycles. The molecule has 0 aromatic rings. The van der Waals surface area contributed by atoms with Gasteiger partial charge in [0.2, 0.25) is 0 Å². The Morgan fingerprint density at radius 1 is 1.33 bits per heavy atom. The average Bonchev–Trinajstić information content (AvgIpc) is 2.88. The van der Waals surface area contributed by atoms with Gasteiger partial charge < -0.3 is 0 Å². The molecule has 0 spiro atoms. The summed E-state index contributed by atoms with van der Waals surface area (Å²) in [4.78, 5) is 11.4. The van der Waals surface area contributed by atoms with E-state index in [1.165, 1.54) is 19.3 Å². The maximum Gasteiger partial charge on any atom is 0.136 e. The Labute approximate surface area is 73.8 Å². The number of carbonyl (C=O) groups is 1. The molecule has 66 valence electrons. The fourth-order valence-electron chi connectivity index (χ4n) is 1.88.